The molecule has 0 amide bonds. The molecule has 0 radical (unpaired) electrons. The van der Waals surface area contributed by atoms with Gasteiger partial charge in [-0.2, -0.15) is 0 Å². The zero-order chi connectivity index (χ0) is 8.85. The van der Waals surface area contributed by atoms with E-state index in [4.69, 9.17) is 0 Å². The standard InChI is InChI=1S/C4H9.2C3H7.Al/c1-3-4-2;2*1-3-2;/h1,3-4H2,2H3;2*3H,1-2H3;. The lowest BCUT2D eigenvalue weighted by molar-refractivity contribution is 0.831. The molecule has 0 rings (SSSR count). The summed E-state index contributed by atoms with van der Waals surface area (Å²) in [4.78, 5) is 0. The minimum absolute atomic E-state index is 0.398. The first kappa shape index (κ1) is 11.5. The summed E-state index contributed by atoms with van der Waals surface area (Å²) in [5.74, 6) is 0. The summed E-state index contributed by atoms with van der Waals surface area (Å²) >= 11 is -0.398. The van der Waals surface area contributed by atoms with Crippen LogP contribution in [-0.2, 0) is 0 Å². The van der Waals surface area contributed by atoms with Gasteiger partial charge in [0.25, 0.3) is 14.1 Å². The van der Waals surface area contributed by atoms with Gasteiger partial charge in [-0.15, -0.1) is 0 Å². The fraction of sp³-hybridized carbons (Fsp3) is 1.00. The van der Waals surface area contributed by atoms with E-state index < -0.39 is 14.1 Å². The Bertz CT molecular complexity index is 78.9. The Morgan fingerprint density at radius 2 is 1.45 bits per heavy atom. The summed E-state index contributed by atoms with van der Waals surface area (Å²) in [6, 6.07) is 0. The molecule has 0 saturated carbocycles. The van der Waals surface area contributed by atoms with Crippen LogP contribution in [0.15, 0.2) is 0 Å². The van der Waals surface area contributed by atoms with Gasteiger partial charge in [0.2, 0.25) is 0 Å². The molecule has 0 aliphatic carbocycles. The van der Waals surface area contributed by atoms with Crippen LogP contribution in [-0.4, -0.2) is 14.1 Å². The molecular formula is C10H23Al. The molecule has 0 atom stereocenters. The van der Waals surface area contributed by atoms with E-state index in [-0.39, 0.29) is 0 Å². The second kappa shape index (κ2) is 6.09. The zero-order valence-electron chi connectivity index (χ0n) is 8.85. The van der Waals surface area contributed by atoms with Crippen molar-refractivity contribution in [2.75, 3.05) is 0 Å². The number of unbranched alkanes of at least 4 members (excludes halogenated alkanes) is 1. The Balaban J connectivity index is 3.70. The van der Waals surface area contributed by atoms with Crippen LogP contribution in [0.4, 0.5) is 0 Å². The topological polar surface area (TPSA) is 0 Å². The first-order valence-electron chi connectivity index (χ1n) is 5.09. The van der Waals surface area contributed by atoms with Crippen molar-refractivity contribution < 1.29 is 0 Å². The Morgan fingerprint density at radius 1 is 1.00 bits per heavy atom. The van der Waals surface area contributed by atoms with Crippen LogP contribution in [0.25, 0.3) is 0 Å². The summed E-state index contributed by atoms with van der Waals surface area (Å²) in [5, 5.41) is 1.56. The van der Waals surface area contributed by atoms with Crippen LogP contribution in [0.1, 0.15) is 47.5 Å². The Morgan fingerprint density at radius 3 is 1.73 bits per heavy atom. The molecule has 0 bridgehead atoms. The quantitative estimate of drug-likeness (QED) is 0.545. The van der Waals surface area contributed by atoms with E-state index in [9.17, 15) is 0 Å². The molecule has 0 saturated heterocycles. The SMILES string of the molecule is CCC[CH2][Al]([CH](C)C)[CH](C)C. The highest BCUT2D eigenvalue weighted by molar-refractivity contribution is 6.61. The van der Waals surface area contributed by atoms with E-state index in [1.165, 1.54) is 12.8 Å². The fourth-order valence-corrected chi connectivity index (χ4v) is 5.63. The maximum Gasteiger partial charge on any atom is 0.267 e. The first-order valence-corrected chi connectivity index (χ1v) is 7.24. The molecule has 0 unspecified atom stereocenters. The van der Waals surface area contributed by atoms with Crippen molar-refractivity contribution >= 4 is 14.1 Å². The molecule has 0 aromatic rings. The highest BCUT2D eigenvalue weighted by atomic mass is 27.2. The van der Waals surface area contributed by atoms with Crippen LogP contribution in [0.5, 0.6) is 0 Å². The third-order valence-electron chi connectivity index (χ3n) is 2.60. The first-order chi connectivity index (χ1) is 5.09. The zero-order valence-corrected chi connectivity index (χ0v) is 10.0. The van der Waals surface area contributed by atoms with E-state index in [1.54, 1.807) is 5.28 Å². The predicted molar refractivity (Wildman–Crippen MR) is 55.7 cm³/mol. The van der Waals surface area contributed by atoms with Gasteiger partial charge >= 0.3 is 0 Å². The average Bonchev–Trinajstić information content (AvgIpc) is 1.87. The lowest BCUT2D eigenvalue weighted by atomic mass is 10.4. The molecule has 0 heterocycles. The molecule has 0 N–H and O–H groups in total. The van der Waals surface area contributed by atoms with E-state index in [0.717, 1.165) is 9.56 Å². The van der Waals surface area contributed by atoms with E-state index >= 15 is 0 Å². The number of rotatable bonds is 5. The van der Waals surface area contributed by atoms with Crippen LogP contribution in [0.3, 0.4) is 0 Å². The summed E-state index contributed by atoms with van der Waals surface area (Å²) in [6.07, 6.45) is 2.84. The number of hydrogen-bond acceptors (Lipinski definition) is 0. The van der Waals surface area contributed by atoms with Crippen LogP contribution < -0.4 is 0 Å². The fourth-order valence-electron chi connectivity index (χ4n) is 1.88. The van der Waals surface area contributed by atoms with Crippen LogP contribution in [0, 0.1) is 0 Å². The number of hydrogen-bond donors (Lipinski definition) is 0. The molecule has 0 nitrogen and oxygen atoms in total. The molecule has 0 aromatic heterocycles. The van der Waals surface area contributed by atoms with Crippen molar-refractivity contribution in [1.82, 2.24) is 0 Å². The monoisotopic (exact) mass is 170 g/mol. The Kier molecular flexibility index (Phi) is 6.39. The summed E-state index contributed by atoms with van der Waals surface area (Å²) < 4.78 is 2.00. The van der Waals surface area contributed by atoms with Crippen molar-refractivity contribution in [3.63, 3.8) is 0 Å². The minimum Gasteiger partial charge on any atom is -0.0936 e. The molecule has 0 spiro atoms. The largest absolute Gasteiger partial charge is 0.267 e. The third kappa shape index (κ3) is 4.88. The second-order valence-electron chi connectivity index (χ2n) is 4.29. The average molecular weight is 170 g/mol. The summed E-state index contributed by atoms with van der Waals surface area (Å²) in [5.41, 5.74) is 0. The summed E-state index contributed by atoms with van der Waals surface area (Å²) in [7, 11) is 0. The van der Waals surface area contributed by atoms with E-state index in [1.807, 2.05) is 0 Å². The van der Waals surface area contributed by atoms with Gasteiger partial charge in [-0.1, -0.05) is 62.3 Å². The van der Waals surface area contributed by atoms with E-state index in [0.29, 0.717) is 0 Å². The highest BCUT2D eigenvalue weighted by Crippen LogP contribution is 2.24. The van der Waals surface area contributed by atoms with Gasteiger partial charge in [-0.3, -0.25) is 0 Å². The molecule has 1 heteroatoms. The molecule has 66 valence electrons. The maximum atomic E-state index is 2.41. The molecular weight excluding hydrogens is 147 g/mol. The van der Waals surface area contributed by atoms with Gasteiger partial charge in [0.1, 0.15) is 0 Å². The predicted octanol–water partition coefficient (Wildman–Crippen LogP) is 4.10. The van der Waals surface area contributed by atoms with Crippen molar-refractivity contribution in [2.45, 2.75) is 62.3 Å². The third-order valence-corrected chi connectivity index (χ3v) is 7.10. The smallest absolute Gasteiger partial charge is 0.0936 e. The maximum absolute atomic E-state index is 2.41. The van der Waals surface area contributed by atoms with Gasteiger partial charge in [-0.25, -0.2) is 0 Å². The minimum atomic E-state index is -0.398. The molecule has 0 aliphatic rings. The molecule has 11 heavy (non-hydrogen) atoms. The highest BCUT2D eigenvalue weighted by Gasteiger charge is 2.23. The van der Waals surface area contributed by atoms with Crippen molar-refractivity contribution in [2.24, 2.45) is 0 Å². The molecule has 0 aliphatic heterocycles. The van der Waals surface area contributed by atoms with Crippen LogP contribution in [0.2, 0.25) is 14.8 Å². The molecule has 0 fully saturated rings. The second-order valence-corrected chi connectivity index (χ2v) is 8.87. The van der Waals surface area contributed by atoms with Crippen LogP contribution >= 0.6 is 0 Å². The Labute approximate surface area is 76.8 Å². The molecule has 0 aromatic carbocycles. The lowest BCUT2D eigenvalue weighted by Crippen LogP contribution is -2.20. The Hall–Kier alpha value is 0.532. The summed E-state index contributed by atoms with van der Waals surface area (Å²) in [6.45, 7) is 11.9. The van der Waals surface area contributed by atoms with Gasteiger partial charge in [-0.05, 0) is 0 Å². The normalized spacial score (nSPS) is 11.2. The van der Waals surface area contributed by atoms with Crippen molar-refractivity contribution in [3.8, 4) is 0 Å². The van der Waals surface area contributed by atoms with Gasteiger partial charge < -0.3 is 0 Å². The van der Waals surface area contributed by atoms with Crippen molar-refractivity contribution in [3.05, 3.63) is 0 Å². The van der Waals surface area contributed by atoms with Gasteiger partial charge in [0.15, 0.2) is 0 Å². The van der Waals surface area contributed by atoms with E-state index in [2.05, 4.69) is 34.6 Å². The van der Waals surface area contributed by atoms with Crippen molar-refractivity contribution in [1.29, 1.82) is 0 Å². The lowest BCUT2D eigenvalue weighted by Gasteiger charge is -2.18. The van der Waals surface area contributed by atoms with Gasteiger partial charge in [0, 0.05) is 0 Å². The van der Waals surface area contributed by atoms with Gasteiger partial charge in [0.05, 0.1) is 0 Å².